The van der Waals surface area contributed by atoms with E-state index in [2.05, 4.69) is 36.1 Å². The summed E-state index contributed by atoms with van der Waals surface area (Å²) in [6, 6.07) is 2.05. The van der Waals surface area contributed by atoms with Gasteiger partial charge in [-0.2, -0.15) is 9.97 Å². The Balaban J connectivity index is 2.52. The molecule has 0 fully saturated rings. The van der Waals surface area contributed by atoms with Crippen LogP contribution in [0.3, 0.4) is 0 Å². The molecule has 0 saturated carbocycles. The van der Waals surface area contributed by atoms with Crippen molar-refractivity contribution >= 4 is 17.6 Å². The Bertz CT molecular complexity index is 317. The molecule has 5 heteroatoms. The molecular weight excluding hydrogens is 202 g/mol. The topological polar surface area (TPSA) is 89.8 Å². The molecule has 1 aromatic heterocycles. The lowest BCUT2D eigenvalue weighted by Crippen LogP contribution is -2.17. The second-order valence-electron chi connectivity index (χ2n) is 4.55. The fraction of sp³-hybridized carbons (Fsp3) is 0.636. The van der Waals surface area contributed by atoms with Crippen molar-refractivity contribution in [2.75, 3.05) is 16.8 Å². The van der Waals surface area contributed by atoms with Gasteiger partial charge in [0.05, 0.1) is 0 Å². The van der Waals surface area contributed by atoms with Crippen molar-refractivity contribution in [2.24, 2.45) is 5.92 Å². The van der Waals surface area contributed by atoms with Gasteiger partial charge in [-0.25, -0.2) is 0 Å². The monoisotopic (exact) mass is 223 g/mol. The molecule has 0 aliphatic heterocycles. The first kappa shape index (κ1) is 12.5. The van der Waals surface area contributed by atoms with E-state index < -0.39 is 0 Å². The molecule has 0 bridgehead atoms. The normalized spacial score (nSPS) is 12.8. The van der Waals surface area contributed by atoms with Gasteiger partial charge in [-0.1, -0.05) is 13.8 Å². The minimum atomic E-state index is 0.207. The van der Waals surface area contributed by atoms with Gasteiger partial charge < -0.3 is 16.8 Å². The predicted octanol–water partition coefficient (Wildman–Crippen LogP) is 1.88. The third kappa shape index (κ3) is 4.33. The first-order chi connectivity index (χ1) is 7.47. The number of aromatic nitrogens is 2. The first-order valence-corrected chi connectivity index (χ1v) is 5.64. The van der Waals surface area contributed by atoms with E-state index in [4.69, 9.17) is 11.5 Å². The van der Waals surface area contributed by atoms with Crippen LogP contribution in [0.4, 0.5) is 17.6 Å². The Hall–Kier alpha value is -1.52. The Morgan fingerprint density at radius 2 is 1.88 bits per heavy atom. The average Bonchev–Trinajstić information content (AvgIpc) is 2.12. The van der Waals surface area contributed by atoms with E-state index in [1.54, 1.807) is 6.07 Å². The summed E-state index contributed by atoms with van der Waals surface area (Å²) in [5.41, 5.74) is 11.1. The Morgan fingerprint density at radius 1 is 1.19 bits per heavy atom. The highest BCUT2D eigenvalue weighted by Crippen LogP contribution is 2.13. The number of hydrogen-bond acceptors (Lipinski definition) is 5. The minimum Gasteiger partial charge on any atom is -0.383 e. The second kappa shape index (κ2) is 5.53. The molecule has 0 saturated heterocycles. The van der Waals surface area contributed by atoms with Gasteiger partial charge in [0.25, 0.3) is 0 Å². The zero-order chi connectivity index (χ0) is 12.1. The van der Waals surface area contributed by atoms with E-state index in [9.17, 15) is 0 Å². The van der Waals surface area contributed by atoms with Crippen LogP contribution >= 0.6 is 0 Å². The van der Waals surface area contributed by atoms with Gasteiger partial charge in [-0.3, -0.25) is 0 Å². The standard InChI is InChI=1S/C11H21N5/c1-7(2)4-5-8(3)14-10-6-9(12)15-11(13)16-10/h6-8H,4-5H2,1-3H3,(H5,12,13,14,15,16). The van der Waals surface area contributed by atoms with E-state index in [1.807, 2.05) is 0 Å². The minimum absolute atomic E-state index is 0.207. The molecule has 1 aromatic rings. The molecule has 90 valence electrons. The molecule has 0 aromatic carbocycles. The molecule has 0 spiro atoms. The fourth-order valence-electron chi connectivity index (χ4n) is 1.47. The third-order valence-corrected chi connectivity index (χ3v) is 2.33. The molecule has 1 unspecified atom stereocenters. The zero-order valence-corrected chi connectivity index (χ0v) is 10.2. The van der Waals surface area contributed by atoms with Crippen molar-refractivity contribution in [3.63, 3.8) is 0 Å². The summed E-state index contributed by atoms with van der Waals surface area (Å²) < 4.78 is 0. The van der Waals surface area contributed by atoms with Gasteiger partial charge in [0.1, 0.15) is 11.6 Å². The van der Waals surface area contributed by atoms with Gasteiger partial charge in [0, 0.05) is 12.1 Å². The van der Waals surface area contributed by atoms with Crippen molar-refractivity contribution in [1.29, 1.82) is 0 Å². The summed E-state index contributed by atoms with van der Waals surface area (Å²) in [6.45, 7) is 6.55. The number of nitrogen functional groups attached to an aromatic ring is 2. The molecule has 5 nitrogen and oxygen atoms in total. The molecule has 1 heterocycles. The molecule has 1 atom stereocenters. The average molecular weight is 223 g/mol. The third-order valence-electron chi connectivity index (χ3n) is 2.33. The summed E-state index contributed by atoms with van der Waals surface area (Å²) >= 11 is 0. The first-order valence-electron chi connectivity index (χ1n) is 5.64. The zero-order valence-electron chi connectivity index (χ0n) is 10.2. The predicted molar refractivity (Wildman–Crippen MR) is 68.0 cm³/mol. The molecule has 5 N–H and O–H groups in total. The molecule has 0 amide bonds. The highest BCUT2D eigenvalue weighted by molar-refractivity contribution is 5.48. The van der Waals surface area contributed by atoms with E-state index in [0.29, 0.717) is 23.6 Å². The van der Waals surface area contributed by atoms with Crippen LogP contribution in [-0.2, 0) is 0 Å². The molecule has 0 radical (unpaired) electrons. The highest BCUT2D eigenvalue weighted by Gasteiger charge is 2.06. The molecule has 0 aliphatic carbocycles. The summed E-state index contributed by atoms with van der Waals surface area (Å²) in [7, 11) is 0. The van der Waals surface area contributed by atoms with Gasteiger partial charge in [0.2, 0.25) is 5.95 Å². The van der Waals surface area contributed by atoms with Crippen molar-refractivity contribution in [1.82, 2.24) is 9.97 Å². The number of nitrogens with zero attached hydrogens (tertiary/aromatic N) is 2. The van der Waals surface area contributed by atoms with Gasteiger partial charge in [0.15, 0.2) is 0 Å². The van der Waals surface area contributed by atoms with Gasteiger partial charge in [-0.05, 0) is 25.7 Å². The number of hydrogen-bond donors (Lipinski definition) is 3. The van der Waals surface area contributed by atoms with Crippen LogP contribution in [0.5, 0.6) is 0 Å². The Kier molecular flexibility index (Phi) is 4.34. The summed E-state index contributed by atoms with van der Waals surface area (Å²) in [5, 5.41) is 3.27. The fourth-order valence-corrected chi connectivity index (χ4v) is 1.47. The summed E-state index contributed by atoms with van der Waals surface area (Å²) in [4.78, 5) is 7.90. The number of nitrogens with one attached hydrogen (secondary N) is 1. The van der Waals surface area contributed by atoms with Crippen LogP contribution in [-0.4, -0.2) is 16.0 Å². The van der Waals surface area contributed by atoms with Crippen LogP contribution in [0.25, 0.3) is 0 Å². The van der Waals surface area contributed by atoms with Crippen molar-refractivity contribution in [3.05, 3.63) is 6.07 Å². The molecular formula is C11H21N5. The van der Waals surface area contributed by atoms with Crippen molar-refractivity contribution in [3.8, 4) is 0 Å². The highest BCUT2D eigenvalue weighted by atomic mass is 15.1. The van der Waals surface area contributed by atoms with Crippen molar-refractivity contribution < 1.29 is 0 Å². The van der Waals surface area contributed by atoms with E-state index in [0.717, 1.165) is 6.42 Å². The van der Waals surface area contributed by atoms with E-state index >= 15 is 0 Å². The van der Waals surface area contributed by atoms with E-state index in [-0.39, 0.29) is 5.95 Å². The number of nitrogens with two attached hydrogens (primary N) is 2. The number of anilines is 3. The lowest BCUT2D eigenvalue weighted by Gasteiger charge is -2.15. The second-order valence-corrected chi connectivity index (χ2v) is 4.55. The van der Waals surface area contributed by atoms with E-state index in [1.165, 1.54) is 6.42 Å². The maximum atomic E-state index is 5.59. The largest absolute Gasteiger partial charge is 0.383 e. The lowest BCUT2D eigenvalue weighted by molar-refractivity contribution is 0.527. The molecule has 16 heavy (non-hydrogen) atoms. The van der Waals surface area contributed by atoms with Crippen LogP contribution in [0.2, 0.25) is 0 Å². The van der Waals surface area contributed by atoms with Gasteiger partial charge >= 0.3 is 0 Å². The quantitative estimate of drug-likeness (QED) is 0.709. The maximum Gasteiger partial charge on any atom is 0.223 e. The van der Waals surface area contributed by atoms with Crippen LogP contribution < -0.4 is 16.8 Å². The van der Waals surface area contributed by atoms with Crippen LogP contribution in [0.15, 0.2) is 6.07 Å². The smallest absolute Gasteiger partial charge is 0.223 e. The SMILES string of the molecule is CC(C)CCC(C)Nc1cc(N)nc(N)n1. The molecule has 1 rings (SSSR count). The van der Waals surface area contributed by atoms with Gasteiger partial charge in [-0.15, -0.1) is 0 Å². The number of rotatable bonds is 5. The Morgan fingerprint density at radius 3 is 2.44 bits per heavy atom. The maximum absolute atomic E-state index is 5.59. The summed E-state index contributed by atoms with van der Waals surface area (Å²) in [6.07, 6.45) is 2.28. The van der Waals surface area contributed by atoms with Crippen molar-refractivity contribution in [2.45, 2.75) is 39.7 Å². The van der Waals surface area contributed by atoms with Crippen LogP contribution in [0.1, 0.15) is 33.6 Å². The Labute approximate surface area is 96.7 Å². The molecule has 0 aliphatic rings. The van der Waals surface area contributed by atoms with Crippen LogP contribution in [0, 0.1) is 5.92 Å². The summed E-state index contributed by atoms with van der Waals surface area (Å²) in [5.74, 6) is 2.01. The lowest BCUT2D eigenvalue weighted by atomic mass is 10.0.